The molecule has 1 N–H and O–H groups in total. The average molecular weight is 325 g/mol. The summed E-state index contributed by atoms with van der Waals surface area (Å²) in [6.07, 6.45) is 15.5. The summed E-state index contributed by atoms with van der Waals surface area (Å²) in [5.41, 5.74) is 2.19. The van der Waals surface area contributed by atoms with Crippen molar-refractivity contribution in [2.45, 2.75) is 64.8 Å². The van der Waals surface area contributed by atoms with E-state index in [0.717, 1.165) is 36.1 Å². The van der Waals surface area contributed by atoms with E-state index in [0.29, 0.717) is 5.41 Å². The minimum Gasteiger partial charge on any atom is -0.313 e. The van der Waals surface area contributed by atoms with Crippen LogP contribution in [0.3, 0.4) is 0 Å². The van der Waals surface area contributed by atoms with E-state index in [1.54, 1.807) is 0 Å². The zero-order valence-electron chi connectivity index (χ0n) is 15.2. The molecule has 1 aliphatic heterocycles. The third kappa shape index (κ3) is 1.79. The molecule has 24 heavy (non-hydrogen) atoms. The summed E-state index contributed by atoms with van der Waals surface area (Å²) in [7, 11) is 0. The summed E-state index contributed by atoms with van der Waals surface area (Å²) in [5.74, 6) is 3.70. The maximum absolute atomic E-state index is 11.8. The molecule has 4 fully saturated rings. The first-order valence-corrected chi connectivity index (χ1v) is 10.3. The molecule has 5 aliphatic rings. The molecule has 1 saturated heterocycles. The number of carbonyl (C=O) groups excluding carboxylic acids is 1. The molecular formula is C22H31NO. The predicted molar refractivity (Wildman–Crippen MR) is 96.5 cm³/mol. The summed E-state index contributed by atoms with van der Waals surface area (Å²) < 4.78 is 0. The molecule has 2 nitrogen and oxygen atoms in total. The van der Waals surface area contributed by atoms with Crippen molar-refractivity contribution in [3.63, 3.8) is 0 Å². The maximum Gasteiger partial charge on any atom is 0.178 e. The van der Waals surface area contributed by atoms with Gasteiger partial charge in [0, 0.05) is 18.0 Å². The Hall–Kier alpha value is -0.890. The first kappa shape index (κ1) is 15.4. The second-order valence-corrected chi connectivity index (χ2v) is 9.45. The van der Waals surface area contributed by atoms with Gasteiger partial charge in [-0.1, -0.05) is 25.5 Å². The zero-order chi connectivity index (χ0) is 16.5. The lowest BCUT2D eigenvalue weighted by Crippen LogP contribution is -2.51. The minimum atomic E-state index is 0.159. The molecule has 0 unspecified atom stereocenters. The van der Waals surface area contributed by atoms with Gasteiger partial charge >= 0.3 is 0 Å². The molecule has 0 amide bonds. The zero-order valence-corrected chi connectivity index (χ0v) is 15.2. The Morgan fingerprint density at radius 1 is 1.17 bits per heavy atom. The molecule has 0 aromatic heterocycles. The molecule has 0 aromatic carbocycles. The predicted octanol–water partition coefficient (Wildman–Crippen LogP) is 4.27. The van der Waals surface area contributed by atoms with Crippen molar-refractivity contribution in [3.05, 3.63) is 23.8 Å². The number of hydrogen-bond acceptors (Lipinski definition) is 2. The van der Waals surface area contributed by atoms with E-state index in [9.17, 15) is 4.79 Å². The van der Waals surface area contributed by atoms with Gasteiger partial charge in [-0.15, -0.1) is 0 Å². The van der Waals surface area contributed by atoms with Crippen LogP contribution in [0.25, 0.3) is 0 Å². The fraction of sp³-hybridized carbons (Fsp3) is 0.773. The lowest BCUT2D eigenvalue weighted by atomic mass is 9.47. The maximum atomic E-state index is 11.8. The smallest absolute Gasteiger partial charge is 0.178 e. The van der Waals surface area contributed by atoms with Crippen LogP contribution in [0.2, 0.25) is 0 Å². The second kappa shape index (κ2) is 5.06. The number of ketones is 1. The fourth-order valence-corrected chi connectivity index (χ4v) is 7.89. The van der Waals surface area contributed by atoms with Crippen LogP contribution in [0.5, 0.6) is 0 Å². The van der Waals surface area contributed by atoms with Gasteiger partial charge in [0.2, 0.25) is 0 Å². The minimum absolute atomic E-state index is 0.159. The molecule has 1 spiro atoms. The van der Waals surface area contributed by atoms with Gasteiger partial charge < -0.3 is 5.32 Å². The summed E-state index contributed by atoms with van der Waals surface area (Å²) in [5, 5.41) is 3.90. The Labute approximate surface area is 146 Å². The van der Waals surface area contributed by atoms with Crippen molar-refractivity contribution in [1.82, 2.24) is 5.32 Å². The van der Waals surface area contributed by atoms with E-state index in [1.807, 2.05) is 12.2 Å². The van der Waals surface area contributed by atoms with Gasteiger partial charge in [0.1, 0.15) is 0 Å². The van der Waals surface area contributed by atoms with Crippen LogP contribution in [0.15, 0.2) is 23.8 Å². The summed E-state index contributed by atoms with van der Waals surface area (Å²) in [6.45, 7) is 6.06. The quantitative estimate of drug-likeness (QED) is 0.780. The van der Waals surface area contributed by atoms with Gasteiger partial charge in [0.15, 0.2) is 5.78 Å². The monoisotopic (exact) mass is 325 g/mol. The Balaban J connectivity index is 1.49. The molecule has 7 atom stereocenters. The fourth-order valence-electron chi connectivity index (χ4n) is 7.89. The Bertz CT molecular complexity index is 634. The topological polar surface area (TPSA) is 29.1 Å². The van der Waals surface area contributed by atoms with E-state index in [-0.39, 0.29) is 11.2 Å². The molecule has 0 radical (unpaired) electrons. The number of carbonyl (C=O) groups is 1. The van der Waals surface area contributed by atoms with Gasteiger partial charge in [-0.3, -0.25) is 4.79 Å². The van der Waals surface area contributed by atoms with Gasteiger partial charge in [-0.2, -0.15) is 0 Å². The SMILES string of the molecule is CC[C@@H]1NC[C@]23CC[C@H]4[C@@H](CCC5=CC(=O)C=C[C@@]54C)[C@@H]2CC[C@H]13. The third-order valence-electron chi connectivity index (χ3n) is 8.96. The van der Waals surface area contributed by atoms with Crippen molar-refractivity contribution < 1.29 is 4.79 Å². The average Bonchev–Trinajstić information content (AvgIpc) is 3.11. The molecular weight excluding hydrogens is 294 g/mol. The number of allylic oxidation sites excluding steroid dienone is 4. The lowest BCUT2D eigenvalue weighted by Gasteiger charge is -2.57. The standard InChI is InChI=1S/C22H31NO/c1-3-20-19-7-6-18-16-5-4-14-12-15(24)8-10-21(14,2)17(16)9-11-22(18,19)13-23-20/h8,10,12,16-20,23H,3-7,9,11,13H2,1-2H3/t16-,17+,18+,19-,20+,21+,22-/m1/s1. The Kier molecular flexibility index (Phi) is 3.24. The highest BCUT2D eigenvalue weighted by molar-refractivity contribution is 6.01. The highest BCUT2D eigenvalue weighted by Crippen LogP contribution is 2.67. The molecule has 0 aromatic rings. The lowest BCUT2D eigenvalue weighted by molar-refractivity contribution is -0.111. The van der Waals surface area contributed by atoms with E-state index in [1.165, 1.54) is 50.6 Å². The first-order valence-electron chi connectivity index (χ1n) is 10.3. The van der Waals surface area contributed by atoms with Crippen molar-refractivity contribution in [1.29, 1.82) is 0 Å². The largest absolute Gasteiger partial charge is 0.313 e. The van der Waals surface area contributed by atoms with Gasteiger partial charge in [0.25, 0.3) is 0 Å². The highest BCUT2D eigenvalue weighted by atomic mass is 16.1. The van der Waals surface area contributed by atoms with E-state index in [2.05, 4.69) is 25.2 Å². The highest BCUT2D eigenvalue weighted by Gasteiger charge is 2.63. The summed E-state index contributed by atoms with van der Waals surface area (Å²) in [4.78, 5) is 11.8. The number of hydrogen-bond donors (Lipinski definition) is 1. The van der Waals surface area contributed by atoms with E-state index in [4.69, 9.17) is 0 Å². The molecule has 4 aliphatic carbocycles. The molecule has 0 bridgehead atoms. The van der Waals surface area contributed by atoms with Gasteiger partial charge in [-0.25, -0.2) is 0 Å². The van der Waals surface area contributed by atoms with Crippen molar-refractivity contribution in [3.8, 4) is 0 Å². The van der Waals surface area contributed by atoms with Crippen LogP contribution in [-0.4, -0.2) is 18.4 Å². The van der Waals surface area contributed by atoms with Crippen LogP contribution in [0.4, 0.5) is 0 Å². The van der Waals surface area contributed by atoms with Crippen LogP contribution in [0, 0.1) is 34.5 Å². The van der Waals surface area contributed by atoms with Crippen molar-refractivity contribution in [2.75, 3.05) is 6.54 Å². The third-order valence-corrected chi connectivity index (χ3v) is 8.96. The van der Waals surface area contributed by atoms with Crippen molar-refractivity contribution >= 4 is 5.78 Å². The van der Waals surface area contributed by atoms with Gasteiger partial charge in [0.05, 0.1) is 0 Å². The molecule has 1 heterocycles. The van der Waals surface area contributed by atoms with Crippen molar-refractivity contribution in [2.24, 2.45) is 34.5 Å². The normalized spacial score (nSPS) is 52.3. The Morgan fingerprint density at radius 2 is 2.00 bits per heavy atom. The van der Waals surface area contributed by atoms with Crippen LogP contribution < -0.4 is 5.32 Å². The Morgan fingerprint density at radius 3 is 2.83 bits per heavy atom. The van der Waals surface area contributed by atoms with E-state index >= 15 is 0 Å². The first-order chi connectivity index (χ1) is 11.6. The summed E-state index contributed by atoms with van der Waals surface area (Å²) >= 11 is 0. The number of nitrogens with one attached hydrogen (secondary N) is 1. The van der Waals surface area contributed by atoms with Crippen LogP contribution in [-0.2, 0) is 4.79 Å². The van der Waals surface area contributed by atoms with Gasteiger partial charge in [-0.05, 0) is 86.2 Å². The summed E-state index contributed by atoms with van der Waals surface area (Å²) in [6, 6.07) is 0.772. The number of fused-ring (bicyclic) bond motifs is 4. The molecule has 2 heteroatoms. The van der Waals surface area contributed by atoms with Crippen LogP contribution >= 0.6 is 0 Å². The number of rotatable bonds is 1. The molecule has 3 saturated carbocycles. The molecule has 5 rings (SSSR count). The second-order valence-electron chi connectivity index (χ2n) is 9.45. The molecule has 130 valence electrons. The van der Waals surface area contributed by atoms with E-state index < -0.39 is 0 Å². The van der Waals surface area contributed by atoms with Crippen LogP contribution in [0.1, 0.15) is 58.8 Å².